The second-order valence-electron chi connectivity index (χ2n) is 19.4. The molecule has 2 aromatic carbocycles. The number of hydrogen-bond donors (Lipinski definition) is 1. The molecule has 17 nitrogen and oxygen atoms in total. The summed E-state index contributed by atoms with van der Waals surface area (Å²) in [5.74, 6) is 3.04. The number of benzene rings is 2. The van der Waals surface area contributed by atoms with Crippen LogP contribution in [-0.4, -0.2) is 85.6 Å². The minimum absolute atomic E-state index is 0. The predicted octanol–water partition coefficient (Wildman–Crippen LogP) is 9.49. The van der Waals surface area contributed by atoms with Gasteiger partial charge in [0, 0.05) is 63.7 Å². The largest absolute Gasteiger partial charge is 0.361 e. The molecule has 0 bridgehead atoms. The average molecular weight is 1050 g/mol. The lowest BCUT2D eigenvalue weighted by atomic mass is 10.1. The van der Waals surface area contributed by atoms with Crippen molar-refractivity contribution in [2.75, 3.05) is 29.5 Å². The molecule has 20 heteroatoms. The number of aromatic amines is 1. The lowest BCUT2D eigenvalue weighted by Crippen LogP contribution is -2.33. The van der Waals surface area contributed by atoms with E-state index in [2.05, 4.69) is 62.5 Å². The van der Waals surface area contributed by atoms with E-state index in [1.165, 1.54) is 0 Å². The summed E-state index contributed by atoms with van der Waals surface area (Å²) in [4.78, 5) is 53.4. The Bertz CT molecular complexity index is 3750. The molecule has 8 aromatic heterocycles. The van der Waals surface area contributed by atoms with Gasteiger partial charge in [-0.05, 0) is 80.3 Å². The molecule has 74 heavy (non-hydrogen) atoms. The summed E-state index contributed by atoms with van der Waals surface area (Å²) in [5, 5.41) is 11.8. The van der Waals surface area contributed by atoms with Crippen molar-refractivity contribution in [2.45, 2.75) is 70.2 Å². The van der Waals surface area contributed by atoms with E-state index in [9.17, 15) is 9.59 Å². The molecule has 0 saturated carbocycles. The van der Waals surface area contributed by atoms with Gasteiger partial charge in [0.25, 0.3) is 11.1 Å². The normalized spacial score (nSPS) is 15.6. The van der Waals surface area contributed by atoms with Crippen molar-refractivity contribution >= 4 is 92.0 Å². The summed E-state index contributed by atoms with van der Waals surface area (Å²) in [6.07, 6.45) is 18.1. The number of rotatable bonds is 13. The molecule has 0 unspecified atom stereocenters. The number of nitrogens with zero attached hydrogens (tertiary/aromatic N) is 13. The fourth-order valence-corrected chi connectivity index (χ4v) is 10.9. The van der Waals surface area contributed by atoms with Crippen LogP contribution in [0.1, 0.15) is 60.5 Å². The minimum Gasteiger partial charge on any atom is -0.361 e. The molecule has 2 aliphatic heterocycles. The van der Waals surface area contributed by atoms with E-state index in [1.807, 2.05) is 114 Å². The summed E-state index contributed by atoms with van der Waals surface area (Å²) < 4.78 is 15.0. The zero-order chi connectivity index (χ0) is 49.5. The van der Waals surface area contributed by atoms with Crippen LogP contribution in [0.5, 0.6) is 0 Å². The van der Waals surface area contributed by atoms with Gasteiger partial charge in [-0.1, -0.05) is 81.3 Å². The highest BCUT2D eigenvalue weighted by molar-refractivity contribution is 7.59. The molecule has 2 saturated heterocycles. The smallest absolute Gasteiger partial charge is 0.282 e. The highest BCUT2D eigenvalue weighted by atomic mass is 32.1. The molecule has 1 N–H and O–H groups in total. The molecule has 380 valence electrons. The number of ether oxygens (including phenoxy) is 1. The van der Waals surface area contributed by atoms with Crippen molar-refractivity contribution in [1.82, 2.24) is 57.8 Å². The van der Waals surface area contributed by atoms with Crippen molar-refractivity contribution in [3.8, 4) is 11.4 Å². The second-order valence-corrected chi connectivity index (χ2v) is 25.0. The molecule has 10 heterocycles. The van der Waals surface area contributed by atoms with Crippen LogP contribution in [0.15, 0.2) is 145 Å². The third-order valence-electron chi connectivity index (χ3n) is 13.7. The number of para-hydroxylation sites is 2. The molecule has 0 radical (unpaired) electrons. The van der Waals surface area contributed by atoms with E-state index in [0.29, 0.717) is 29.4 Å². The maximum absolute atomic E-state index is 13.7. The lowest BCUT2D eigenvalue weighted by molar-refractivity contribution is 0.0898. The van der Waals surface area contributed by atoms with Crippen molar-refractivity contribution in [2.24, 2.45) is 0 Å². The van der Waals surface area contributed by atoms with Gasteiger partial charge in [0.05, 0.1) is 34.2 Å². The number of nitrogens with one attached hydrogen (secondary N) is 1. The van der Waals surface area contributed by atoms with Crippen molar-refractivity contribution < 1.29 is 4.74 Å². The highest BCUT2D eigenvalue weighted by Gasteiger charge is 2.36. The van der Waals surface area contributed by atoms with Crippen LogP contribution in [0.4, 0.5) is 11.6 Å². The molecule has 2 atom stereocenters. The standard InChI is InChI=1S/C30H35N7O2Si.C24H21N7O.2H2S/c1-5-22-19-34(21-39-17-18-40(2,3)4)28-26(22)29(32-20-31-28)35-15-9-13-24(35)27-33-36-16-10-14-25(36)30(38)37(27)23-11-7-6-8-12-23;1-2-16-14-25-21-20(16)23(27-15-26-21)29-12-6-10-18(29)22-28-30-13-7-11-19(30)24(32)31(22)17-8-4-3-5-9-17;;/h5-8,10-12,14,16,19-20,24H,1,9,13,15,17-18,21H2,2-4H3;2-5,7-9,11,13-15,18H,1,6,10,12H2,(H,25,26,27);2*1H2/t24-;18-;;/m00../s1. The fourth-order valence-electron chi connectivity index (χ4n) is 10.2. The predicted molar refractivity (Wildman–Crippen MR) is 307 cm³/mol. The molecular weight excluding hydrogens is 985 g/mol. The molecule has 0 spiro atoms. The van der Waals surface area contributed by atoms with E-state index in [4.69, 9.17) is 19.9 Å². The Balaban J connectivity index is 0.000000181. The average Bonchev–Trinajstić information content (AvgIpc) is 4.27. The molecular formula is C54H60N14O3S2Si. The Morgan fingerprint density at radius 3 is 1.73 bits per heavy atom. The van der Waals surface area contributed by atoms with Crippen LogP contribution in [0.3, 0.4) is 0 Å². The van der Waals surface area contributed by atoms with Gasteiger partial charge < -0.3 is 24.1 Å². The van der Waals surface area contributed by atoms with Crippen LogP contribution in [0.2, 0.25) is 25.7 Å². The summed E-state index contributed by atoms with van der Waals surface area (Å²) in [6, 6.07) is 27.6. The van der Waals surface area contributed by atoms with E-state index in [0.717, 1.165) is 108 Å². The van der Waals surface area contributed by atoms with E-state index in [-0.39, 0.29) is 50.2 Å². The van der Waals surface area contributed by atoms with Crippen LogP contribution < -0.4 is 20.9 Å². The number of aromatic nitrogens is 12. The lowest BCUT2D eigenvalue weighted by Gasteiger charge is -2.28. The number of hydrogen-bond acceptors (Lipinski definition) is 11. The molecule has 12 rings (SSSR count). The zero-order valence-corrected chi connectivity index (χ0v) is 44.7. The van der Waals surface area contributed by atoms with Gasteiger partial charge in [-0.15, -0.1) is 0 Å². The van der Waals surface area contributed by atoms with Crippen molar-refractivity contribution in [1.29, 1.82) is 0 Å². The summed E-state index contributed by atoms with van der Waals surface area (Å²) in [5.41, 5.74) is 6.01. The van der Waals surface area contributed by atoms with Crippen molar-refractivity contribution in [3.63, 3.8) is 0 Å². The van der Waals surface area contributed by atoms with E-state index in [1.54, 1.807) is 43.0 Å². The molecule has 2 aliphatic rings. The topological polar surface area (TPSA) is 167 Å². The SMILES string of the molecule is C=Cc1c[nH]c2ncnc(N3CCC[C@H]3c3nn4cccc4c(=O)n3-c3ccccc3)c12.C=Cc1cn(COCC[Si](C)(C)C)c2ncnc(N3CCC[C@H]3c3nn4cccc4c(=O)n3-c3ccccc3)c12.S.S. The van der Waals surface area contributed by atoms with Gasteiger partial charge in [0.2, 0.25) is 0 Å². The van der Waals surface area contributed by atoms with Gasteiger partial charge in [-0.3, -0.25) is 18.7 Å². The van der Waals surface area contributed by atoms with Crippen LogP contribution >= 0.6 is 27.0 Å². The first-order valence-corrected chi connectivity index (χ1v) is 28.2. The number of fused-ring (bicyclic) bond motifs is 4. The summed E-state index contributed by atoms with van der Waals surface area (Å²) >= 11 is 0. The molecule has 0 amide bonds. The quantitative estimate of drug-likeness (QED) is 0.0863. The van der Waals surface area contributed by atoms with Gasteiger partial charge in [-0.25, -0.2) is 29.0 Å². The maximum Gasteiger partial charge on any atom is 0.282 e. The molecule has 10 aromatic rings. The Labute approximate surface area is 442 Å². The van der Waals surface area contributed by atoms with Gasteiger partial charge >= 0.3 is 0 Å². The number of anilines is 2. The first-order valence-electron chi connectivity index (χ1n) is 24.4. The molecule has 0 aliphatic carbocycles. The Kier molecular flexibility index (Phi) is 14.9. The Morgan fingerprint density at radius 2 is 1.20 bits per heavy atom. The fraction of sp³-hybridized carbons (Fsp3) is 0.259. The summed E-state index contributed by atoms with van der Waals surface area (Å²) in [7, 11) is -1.18. The van der Waals surface area contributed by atoms with Crippen molar-refractivity contribution in [3.05, 3.63) is 179 Å². The van der Waals surface area contributed by atoms with E-state index >= 15 is 0 Å². The van der Waals surface area contributed by atoms with Gasteiger partial charge in [0.15, 0.2) is 11.6 Å². The van der Waals surface area contributed by atoms with E-state index < -0.39 is 8.07 Å². The minimum atomic E-state index is -1.18. The van der Waals surface area contributed by atoms with Crippen LogP contribution in [-0.2, 0) is 11.5 Å². The monoisotopic (exact) mass is 1040 g/mol. The van der Waals surface area contributed by atoms with Gasteiger partial charge in [-0.2, -0.15) is 37.2 Å². The highest BCUT2D eigenvalue weighted by Crippen LogP contribution is 2.41. The van der Waals surface area contributed by atoms with Gasteiger partial charge in [0.1, 0.15) is 53.3 Å². The third-order valence-corrected chi connectivity index (χ3v) is 15.4. The first kappa shape index (κ1) is 51.4. The maximum atomic E-state index is 13.7. The van der Waals surface area contributed by atoms with Crippen LogP contribution in [0, 0.1) is 0 Å². The zero-order valence-electron chi connectivity index (χ0n) is 41.7. The third kappa shape index (κ3) is 9.49. The Hall–Kier alpha value is -7.52. The molecule has 2 fully saturated rings. The second kappa shape index (κ2) is 21.5. The first-order chi connectivity index (χ1) is 35.1. The van der Waals surface area contributed by atoms with Crippen LogP contribution in [0.25, 0.3) is 56.6 Å². The number of H-pyrrole nitrogens is 1. The summed E-state index contributed by atoms with van der Waals surface area (Å²) in [6.45, 7) is 17.8. The Morgan fingerprint density at radius 1 is 0.676 bits per heavy atom.